The van der Waals surface area contributed by atoms with Crippen LogP contribution in [0, 0.1) is 5.82 Å². The van der Waals surface area contributed by atoms with Gasteiger partial charge in [0, 0.05) is 11.4 Å². The summed E-state index contributed by atoms with van der Waals surface area (Å²) in [4.78, 5) is 32.9. The Morgan fingerprint density at radius 3 is 2.69 bits per heavy atom. The van der Waals surface area contributed by atoms with Gasteiger partial charge in [-0.1, -0.05) is 42.6 Å². The molecule has 0 radical (unpaired) electrons. The van der Waals surface area contributed by atoms with E-state index in [1.165, 1.54) is 30.0 Å². The highest BCUT2D eigenvalue weighted by Gasteiger charge is 2.36. The number of fused-ring (bicyclic) bond motifs is 1. The number of halogens is 1. The Morgan fingerprint density at radius 1 is 1.31 bits per heavy atom. The van der Waals surface area contributed by atoms with Crippen molar-refractivity contribution in [2.24, 2.45) is 0 Å². The topological polar surface area (TPSA) is 84.1 Å². The highest BCUT2D eigenvalue weighted by atomic mass is 32.2. The van der Waals surface area contributed by atoms with E-state index in [9.17, 15) is 14.0 Å². The second kappa shape index (κ2) is 8.91. The Morgan fingerprint density at radius 2 is 2.03 bits per heavy atom. The number of carbonyl (C=O) groups excluding carboxylic acids is 1. The predicted molar refractivity (Wildman–Crippen MR) is 112 cm³/mol. The Bertz CT molecular complexity index is 1040. The molecule has 2 heterocycles. The first-order chi connectivity index (χ1) is 14.0. The zero-order valence-corrected chi connectivity index (χ0v) is 16.6. The van der Waals surface area contributed by atoms with E-state index in [4.69, 9.17) is 4.74 Å². The largest absolute Gasteiger partial charge is 0.458 e. The van der Waals surface area contributed by atoms with Crippen molar-refractivity contribution in [3.05, 3.63) is 88.1 Å². The van der Waals surface area contributed by atoms with Gasteiger partial charge in [0.05, 0.1) is 17.1 Å². The lowest BCUT2D eigenvalue weighted by Gasteiger charge is -2.28. The minimum absolute atomic E-state index is 0.0321. The number of H-pyrrole nitrogens is 1. The van der Waals surface area contributed by atoms with Gasteiger partial charge in [0.25, 0.3) is 5.56 Å². The summed E-state index contributed by atoms with van der Waals surface area (Å²) >= 11 is 1.33. The van der Waals surface area contributed by atoms with Crippen LogP contribution in [0.3, 0.4) is 0 Å². The molecule has 1 aromatic carbocycles. The van der Waals surface area contributed by atoms with Gasteiger partial charge in [-0.15, -0.1) is 6.58 Å². The summed E-state index contributed by atoms with van der Waals surface area (Å²) in [5, 5.41) is 3.48. The highest BCUT2D eigenvalue weighted by Crippen LogP contribution is 2.40. The Kier molecular flexibility index (Phi) is 6.33. The van der Waals surface area contributed by atoms with Gasteiger partial charge in [0.2, 0.25) is 0 Å². The summed E-state index contributed by atoms with van der Waals surface area (Å²) in [5.41, 5.74) is 1.25. The van der Waals surface area contributed by atoms with E-state index >= 15 is 0 Å². The summed E-state index contributed by atoms with van der Waals surface area (Å²) in [5.74, 6) is -0.815. The molecule has 0 amide bonds. The molecule has 1 aliphatic rings. The van der Waals surface area contributed by atoms with Gasteiger partial charge < -0.3 is 15.0 Å². The number of aromatic nitrogens is 2. The molecule has 0 unspecified atom stereocenters. The van der Waals surface area contributed by atoms with Gasteiger partial charge in [-0.25, -0.2) is 14.2 Å². The van der Waals surface area contributed by atoms with Crippen molar-refractivity contribution >= 4 is 23.5 Å². The maximum absolute atomic E-state index is 13.5. The maximum Gasteiger partial charge on any atom is 0.337 e. The van der Waals surface area contributed by atoms with Gasteiger partial charge in [0.15, 0.2) is 5.16 Å². The highest BCUT2D eigenvalue weighted by molar-refractivity contribution is 7.99. The Labute approximate surface area is 171 Å². The minimum atomic E-state index is -0.751. The summed E-state index contributed by atoms with van der Waals surface area (Å²) in [6.07, 6.45) is 3.17. The summed E-state index contributed by atoms with van der Waals surface area (Å²) in [6.45, 7) is 8.94. The van der Waals surface area contributed by atoms with E-state index in [-0.39, 0.29) is 23.3 Å². The van der Waals surface area contributed by atoms with Crippen molar-refractivity contribution in [3.8, 4) is 0 Å². The van der Waals surface area contributed by atoms with Crippen LogP contribution in [0.1, 0.15) is 24.0 Å². The number of thioether (sulfide) groups is 1. The number of hydrogen-bond acceptors (Lipinski definition) is 6. The van der Waals surface area contributed by atoms with Crippen LogP contribution in [-0.4, -0.2) is 28.3 Å². The predicted octanol–water partition coefficient (Wildman–Crippen LogP) is 3.75. The molecule has 6 nitrogen and oxygen atoms in total. The van der Waals surface area contributed by atoms with E-state index in [1.54, 1.807) is 25.1 Å². The number of rotatable bonds is 7. The van der Waals surface area contributed by atoms with Crippen LogP contribution < -0.4 is 10.9 Å². The zero-order valence-electron chi connectivity index (χ0n) is 15.8. The monoisotopic (exact) mass is 413 g/mol. The quantitative estimate of drug-likeness (QED) is 0.311. The molecule has 0 aliphatic carbocycles. The molecule has 29 heavy (non-hydrogen) atoms. The van der Waals surface area contributed by atoms with Crippen LogP contribution >= 0.6 is 11.8 Å². The molecular weight excluding hydrogens is 393 g/mol. The first-order valence-electron chi connectivity index (χ1n) is 8.85. The third-order valence-corrected chi connectivity index (χ3v) is 5.18. The van der Waals surface area contributed by atoms with Crippen molar-refractivity contribution < 1.29 is 13.9 Å². The van der Waals surface area contributed by atoms with E-state index in [0.717, 1.165) is 0 Å². The molecule has 0 saturated carbocycles. The number of esters is 1. The maximum atomic E-state index is 13.5. The number of allylic oxidation sites excluding steroid dienone is 1. The van der Waals surface area contributed by atoms with Crippen molar-refractivity contribution in [1.82, 2.24) is 9.97 Å². The number of ether oxygens (including phenoxy) is 1. The summed E-state index contributed by atoms with van der Waals surface area (Å²) < 4.78 is 18.7. The van der Waals surface area contributed by atoms with Crippen LogP contribution in [0.25, 0.3) is 0 Å². The van der Waals surface area contributed by atoms with Gasteiger partial charge in [-0.2, -0.15) is 0 Å². The Hall–Kier alpha value is -3.13. The molecule has 1 atom stereocenters. The third-order valence-electron chi connectivity index (χ3n) is 4.31. The molecule has 1 aromatic heterocycles. The number of carbonyl (C=O) groups is 1. The third kappa shape index (κ3) is 4.32. The van der Waals surface area contributed by atoms with Gasteiger partial charge in [0.1, 0.15) is 18.2 Å². The van der Waals surface area contributed by atoms with Crippen molar-refractivity contribution in [3.63, 3.8) is 0 Å². The lowest BCUT2D eigenvalue weighted by Crippen LogP contribution is -2.31. The van der Waals surface area contributed by atoms with Gasteiger partial charge in [-0.05, 0) is 24.6 Å². The van der Waals surface area contributed by atoms with Crippen LogP contribution in [0.15, 0.2) is 70.8 Å². The fourth-order valence-corrected chi connectivity index (χ4v) is 3.71. The Balaban J connectivity index is 2.17. The fourth-order valence-electron chi connectivity index (χ4n) is 3.11. The normalized spacial score (nSPS) is 15.3. The smallest absolute Gasteiger partial charge is 0.337 e. The molecule has 0 bridgehead atoms. The van der Waals surface area contributed by atoms with E-state index in [1.807, 2.05) is 0 Å². The summed E-state index contributed by atoms with van der Waals surface area (Å²) in [6, 6.07) is 5.66. The zero-order chi connectivity index (χ0) is 21.0. The molecule has 3 rings (SSSR count). The second-order valence-electron chi connectivity index (χ2n) is 6.27. The second-order valence-corrected chi connectivity index (χ2v) is 7.28. The van der Waals surface area contributed by atoms with Crippen LogP contribution in [0.5, 0.6) is 0 Å². The number of benzene rings is 1. The molecule has 2 N–H and O–H groups in total. The standard InChI is InChI=1S/C21H20FN3O3S/c1-4-10-28-20(27)15-12(3)23-18-17(16(15)13-6-8-14(22)9-7-13)19(26)25-21(24-18)29-11-5-2/h4-9,16H,1-2,10-11H2,3H3,(H2,23,24,25,26)/t16-/m1/s1. The van der Waals surface area contributed by atoms with Crippen molar-refractivity contribution in [1.29, 1.82) is 0 Å². The van der Waals surface area contributed by atoms with Gasteiger partial charge in [-0.3, -0.25) is 4.79 Å². The van der Waals surface area contributed by atoms with E-state index < -0.39 is 17.7 Å². The molecule has 0 saturated heterocycles. The number of nitrogens with one attached hydrogen (secondary N) is 2. The first kappa shape index (κ1) is 20.6. The number of aromatic amines is 1. The van der Waals surface area contributed by atoms with Crippen molar-refractivity contribution in [2.75, 3.05) is 17.7 Å². The number of anilines is 1. The van der Waals surface area contributed by atoms with Crippen LogP contribution in [0.2, 0.25) is 0 Å². The summed E-state index contributed by atoms with van der Waals surface area (Å²) in [7, 11) is 0. The molecule has 0 fully saturated rings. The average molecular weight is 413 g/mol. The molecule has 150 valence electrons. The molecular formula is C21H20FN3O3S. The van der Waals surface area contributed by atoms with Crippen LogP contribution in [-0.2, 0) is 9.53 Å². The molecule has 2 aromatic rings. The van der Waals surface area contributed by atoms with Crippen LogP contribution in [0.4, 0.5) is 10.2 Å². The lowest BCUT2D eigenvalue weighted by atomic mass is 9.82. The SMILES string of the molecule is C=CCOC(=O)C1=C(C)Nc2nc(SCC=C)[nH]c(=O)c2[C@@H]1c1ccc(F)cc1. The molecule has 0 spiro atoms. The van der Waals surface area contributed by atoms with E-state index in [2.05, 4.69) is 28.4 Å². The molecule has 8 heteroatoms. The fraction of sp³-hybridized carbons (Fsp3) is 0.190. The van der Waals surface area contributed by atoms with Crippen molar-refractivity contribution in [2.45, 2.75) is 18.0 Å². The number of hydrogen-bond donors (Lipinski definition) is 2. The minimum Gasteiger partial charge on any atom is -0.458 e. The number of nitrogens with zero attached hydrogens (tertiary/aromatic N) is 1. The molecule has 1 aliphatic heterocycles. The average Bonchev–Trinajstić information content (AvgIpc) is 2.70. The first-order valence-corrected chi connectivity index (χ1v) is 9.84. The lowest BCUT2D eigenvalue weighted by molar-refractivity contribution is -0.138. The van der Waals surface area contributed by atoms with Gasteiger partial charge >= 0.3 is 5.97 Å². The van der Waals surface area contributed by atoms with E-state index in [0.29, 0.717) is 28.0 Å².